The van der Waals surface area contributed by atoms with Crippen molar-refractivity contribution in [2.24, 2.45) is 0 Å². The van der Waals surface area contributed by atoms with Gasteiger partial charge >= 0.3 is 6.18 Å². The van der Waals surface area contributed by atoms with Crippen LogP contribution < -0.4 is 4.74 Å². The summed E-state index contributed by atoms with van der Waals surface area (Å²) in [4.78, 5) is 13.7. The molecule has 1 atom stereocenters. The normalized spacial score (nSPS) is 21.1. The molecule has 23 heavy (non-hydrogen) atoms. The maximum Gasteiger partial charge on any atom is 0.416 e. The molecule has 2 heterocycles. The van der Waals surface area contributed by atoms with Gasteiger partial charge in [-0.1, -0.05) is 18.2 Å². The van der Waals surface area contributed by atoms with Crippen molar-refractivity contribution in [3.05, 3.63) is 47.7 Å². The summed E-state index contributed by atoms with van der Waals surface area (Å²) in [5, 5.41) is 0. The molecule has 0 bridgehead atoms. The number of hydrogen-bond acceptors (Lipinski definition) is 3. The third-order valence-corrected chi connectivity index (χ3v) is 3.64. The lowest BCUT2D eigenvalue weighted by atomic mass is 10.1. The fourth-order valence-electron chi connectivity index (χ4n) is 2.45. The number of carbonyl (C=O) groups is 1. The Hall–Kier alpha value is -2.28. The number of ether oxygens (including phenoxy) is 2. The summed E-state index contributed by atoms with van der Waals surface area (Å²) >= 11 is 0. The number of benzene rings is 1. The van der Waals surface area contributed by atoms with Gasteiger partial charge in [0.1, 0.15) is 5.75 Å². The fourth-order valence-corrected chi connectivity index (χ4v) is 2.45. The SMILES string of the molecule is O=C(C1=Cc2ccccc2OC=C1)N1CCO[C@@H](C(F)(F)F)C1. The molecule has 3 rings (SSSR count). The first-order valence-electron chi connectivity index (χ1n) is 7.06. The maximum atomic E-state index is 12.8. The number of hydrogen-bond donors (Lipinski definition) is 0. The van der Waals surface area contributed by atoms with Crippen molar-refractivity contribution in [2.45, 2.75) is 12.3 Å². The molecule has 2 aliphatic rings. The molecule has 0 aromatic heterocycles. The Morgan fingerprint density at radius 2 is 2.04 bits per heavy atom. The Kier molecular flexibility index (Phi) is 4.12. The topological polar surface area (TPSA) is 38.8 Å². The van der Waals surface area contributed by atoms with Gasteiger partial charge in [-0.3, -0.25) is 4.79 Å². The highest BCUT2D eigenvalue weighted by molar-refractivity contribution is 6.01. The quantitative estimate of drug-likeness (QED) is 0.797. The highest BCUT2D eigenvalue weighted by Gasteiger charge is 2.44. The summed E-state index contributed by atoms with van der Waals surface area (Å²) in [6.45, 7) is -0.519. The minimum Gasteiger partial charge on any atom is -0.464 e. The summed E-state index contributed by atoms with van der Waals surface area (Å²) in [6.07, 6.45) is -2.00. The van der Waals surface area contributed by atoms with Gasteiger partial charge in [-0.15, -0.1) is 0 Å². The van der Waals surface area contributed by atoms with Crippen LogP contribution in [0.2, 0.25) is 0 Å². The van der Waals surface area contributed by atoms with E-state index in [4.69, 9.17) is 9.47 Å². The van der Waals surface area contributed by atoms with E-state index < -0.39 is 24.7 Å². The van der Waals surface area contributed by atoms with Crippen molar-refractivity contribution >= 4 is 12.0 Å². The van der Waals surface area contributed by atoms with Crippen LogP contribution >= 0.6 is 0 Å². The fraction of sp³-hybridized carbons (Fsp3) is 0.312. The minimum atomic E-state index is -4.48. The molecule has 1 amide bonds. The van der Waals surface area contributed by atoms with Crippen LogP contribution in [0.25, 0.3) is 6.08 Å². The van der Waals surface area contributed by atoms with E-state index in [9.17, 15) is 18.0 Å². The number of morpholine rings is 1. The van der Waals surface area contributed by atoms with Gasteiger partial charge < -0.3 is 14.4 Å². The van der Waals surface area contributed by atoms with E-state index in [1.54, 1.807) is 30.3 Å². The predicted octanol–water partition coefficient (Wildman–Crippen LogP) is 2.77. The monoisotopic (exact) mass is 325 g/mol. The van der Waals surface area contributed by atoms with Crippen molar-refractivity contribution < 1.29 is 27.4 Å². The molecule has 122 valence electrons. The third-order valence-electron chi connectivity index (χ3n) is 3.64. The van der Waals surface area contributed by atoms with E-state index in [-0.39, 0.29) is 18.7 Å². The van der Waals surface area contributed by atoms with Gasteiger partial charge in [0.25, 0.3) is 5.91 Å². The summed E-state index contributed by atoms with van der Waals surface area (Å²) in [7, 11) is 0. The molecule has 1 saturated heterocycles. The third kappa shape index (κ3) is 3.39. The highest BCUT2D eigenvalue weighted by atomic mass is 19.4. The van der Waals surface area contributed by atoms with Gasteiger partial charge in [0.2, 0.25) is 0 Å². The van der Waals surface area contributed by atoms with Gasteiger partial charge in [0, 0.05) is 17.7 Å². The van der Waals surface area contributed by atoms with Crippen LogP contribution in [0, 0.1) is 0 Å². The minimum absolute atomic E-state index is 0.124. The van der Waals surface area contributed by atoms with Crippen LogP contribution in [0.1, 0.15) is 5.56 Å². The summed E-state index contributed by atoms with van der Waals surface area (Å²) < 4.78 is 48.4. The Morgan fingerprint density at radius 1 is 1.26 bits per heavy atom. The van der Waals surface area contributed by atoms with Crippen LogP contribution in [0.4, 0.5) is 13.2 Å². The van der Waals surface area contributed by atoms with Crippen LogP contribution in [0.5, 0.6) is 5.75 Å². The van der Waals surface area contributed by atoms with Gasteiger partial charge in [0.05, 0.1) is 19.4 Å². The molecule has 4 nitrogen and oxygen atoms in total. The molecule has 0 spiro atoms. The largest absolute Gasteiger partial charge is 0.464 e. The molecule has 0 saturated carbocycles. The molecule has 0 N–H and O–H groups in total. The Labute approximate surface area is 130 Å². The van der Waals surface area contributed by atoms with E-state index in [1.807, 2.05) is 0 Å². The summed E-state index contributed by atoms with van der Waals surface area (Å²) in [6, 6.07) is 7.11. The van der Waals surface area contributed by atoms with E-state index in [0.29, 0.717) is 11.3 Å². The van der Waals surface area contributed by atoms with Crippen molar-refractivity contribution in [2.75, 3.05) is 19.7 Å². The Bertz CT molecular complexity index is 667. The number of amides is 1. The number of rotatable bonds is 1. The van der Waals surface area contributed by atoms with Gasteiger partial charge in [-0.2, -0.15) is 13.2 Å². The number of alkyl halides is 3. The number of halogens is 3. The molecule has 0 aliphatic carbocycles. The molecule has 1 fully saturated rings. The van der Waals surface area contributed by atoms with E-state index in [2.05, 4.69) is 0 Å². The van der Waals surface area contributed by atoms with E-state index in [1.165, 1.54) is 12.3 Å². The molecule has 1 aromatic carbocycles. The molecule has 1 aromatic rings. The maximum absolute atomic E-state index is 12.8. The summed E-state index contributed by atoms with van der Waals surface area (Å²) in [5.74, 6) is 0.112. The van der Waals surface area contributed by atoms with Crippen molar-refractivity contribution in [3.8, 4) is 5.75 Å². The number of nitrogens with zero attached hydrogens (tertiary/aromatic N) is 1. The second-order valence-corrected chi connectivity index (χ2v) is 5.21. The molecule has 2 aliphatic heterocycles. The van der Waals surface area contributed by atoms with Gasteiger partial charge in [0.15, 0.2) is 6.10 Å². The zero-order valence-corrected chi connectivity index (χ0v) is 12.0. The lowest BCUT2D eigenvalue weighted by Gasteiger charge is -2.34. The second kappa shape index (κ2) is 6.08. The highest BCUT2D eigenvalue weighted by Crippen LogP contribution is 2.28. The summed E-state index contributed by atoms with van der Waals surface area (Å²) in [5.41, 5.74) is 0.972. The Morgan fingerprint density at radius 3 is 2.83 bits per heavy atom. The van der Waals surface area contributed by atoms with Gasteiger partial charge in [-0.05, 0) is 18.2 Å². The number of para-hydroxylation sites is 1. The lowest BCUT2D eigenvalue weighted by Crippen LogP contribution is -2.51. The zero-order valence-electron chi connectivity index (χ0n) is 12.0. The van der Waals surface area contributed by atoms with Crippen molar-refractivity contribution in [1.82, 2.24) is 4.90 Å². The smallest absolute Gasteiger partial charge is 0.416 e. The molecule has 0 radical (unpaired) electrons. The lowest BCUT2D eigenvalue weighted by molar-refractivity contribution is -0.235. The van der Waals surface area contributed by atoms with Crippen LogP contribution in [-0.4, -0.2) is 42.8 Å². The Balaban J connectivity index is 1.81. The first-order valence-corrected chi connectivity index (χ1v) is 7.06. The molecule has 0 unspecified atom stereocenters. The standard InChI is InChI=1S/C16H14F3NO3/c17-16(18,19)14-10-20(6-8-23-14)15(21)12-5-7-22-13-4-2-1-3-11(13)9-12/h1-5,7,9,14H,6,8,10H2/t14-/m1/s1. The first kappa shape index (κ1) is 15.6. The van der Waals surface area contributed by atoms with Gasteiger partial charge in [-0.25, -0.2) is 0 Å². The molecular weight excluding hydrogens is 311 g/mol. The van der Waals surface area contributed by atoms with Crippen LogP contribution in [0.15, 0.2) is 42.2 Å². The predicted molar refractivity (Wildman–Crippen MR) is 76.6 cm³/mol. The first-order chi connectivity index (χ1) is 10.9. The number of carbonyl (C=O) groups excluding carboxylic acids is 1. The average Bonchev–Trinajstić information content (AvgIpc) is 2.75. The van der Waals surface area contributed by atoms with Crippen LogP contribution in [0.3, 0.4) is 0 Å². The molecule has 7 heteroatoms. The van der Waals surface area contributed by atoms with Crippen molar-refractivity contribution in [3.63, 3.8) is 0 Å². The van der Waals surface area contributed by atoms with Crippen molar-refractivity contribution in [1.29, 1.82) is 0 Å². The zero-order chi connectivity index (χ0) is 16.4. The van der Waals surface area contributed by atoms with E-state index >= 15 is 0 Å². The van der Waals surface area contributed by atoms with E-state index in [0.717, 1.165) is 4.90 Å². The molecular formula is C16H14F3NO3. The average molecular weight is 325 g/mol. The number of fused-ring (bicyclic) bond motifs is 1. The second-order valence-electron chi connectivity index (χ2n) is 5.21. The van der Waals surface area contributed by atoms with Crippen LogP contribution in [-0.2, 0) is 9.53 Å².